The Labute approximate surface area is 125 Å². The van der Waals surface area contributed by atoms with E-state index in [1.165, 1.54) is 16.8 Å². The van der Waals surface area contributed by atoms with Gasteiger partial charge in [-0.1, -0.05) is 6.07 Å². The Kier molecular flexibility index (Phi) is 5.80. The van der Waals surface area contributed by atoms with Crippen molar-refractivity contribution in [1.29, 1.82) is 5.41 Å². The van der Waals surface area contributed by atoms with Gasteiger partial charge in [-0.25, -0.2) is 0 Å². The number of benzene rings is 1. The second kappa shape index (κ2) is 6.90. The highest BCUT2D eigenvalue weighted by Crippen LogP contribution is 2.28. The lowest BCUT2D eigenvalue weighted by atomic mass is 10.00. The molecule has 0 aliphatic heterocycles. The van der Waals surface area contributed by atoms with E-state index in [4.69, 9.17) is 5.41 Å². The van der Waals surface area contributed by atoms with Crippen molar-refractivity contribution in [2.75, 3.05) is 18.0 Å². The molecule has 3 heteroatoms. The van der Waals surface area contributed by atoms with Gasteiger partial charge in [-0.15, -0.1) is 0 Å². The zero-order valence-electron chi connectivity index (χ0n) is 12.5. The van der Waals surface area contributed by atoms with Crippen LogP contribution < -0.4 is 4.90 Å². The first-order chi connectivity index (χ1) is 8.92. The first-order valence-corrected chi connectivity index (χ1v) is 7.49. The van der Waals surface area contributed by atoms with Crippen LogP contribution in [-0.4, -0.2) is 18.8 Å². The number of halogens is 1. The van der Waals surface area contributed by atoms with Crippen LogP contribution in [0.15, 0.2) is 22.7 Å². The Morgan fingerprint density at radius 3 is 2.21 bits per heavy atom. The third-order valence-corrected chi connectivity index (χ3v) is 4.59. The molecule has 2 nitrogen and oxygen atoms in total. The van der Waals surface area contributed by atoms with Crippen LogP contribution in [0.25, 0.3) is 5.57 Å². The summed E-state index contributed by atoms with van der Waals surface area (Å²) in [6, 6.07) is 6.55. The summed E-state index contributed by atoms with van der Waals surface area (Å²) >= 11 is 3.50. The quantitative estimate of drug-likeness (QED) is 0.758. The fraction of sp³-hybridized carbons (Fsp3) is 0.438. The lowest BCUT2D eigenvalue weighted by molar-refractivity contribution is 0.865. The molecule has 0 heterocycles. The van der Waals surface area contributed by atoms with Crippen LogP contribution in [0.5, 0.6) is 0 Å². The minimum Gasteiger partial charge on any atom is -0.372 e. The fourth-order valence-electron chi connectivity index (χ4n) is 2.25. The van der Waals surface area contributed by atoms with Crippen LogP contribution >= 0.6 is 15.9 Å². The third-order valence-electron chi connectivity index (χ3n) is 3.40. The van der Waals surface area contributed by atoms with Crippen LogP contribution in [0.2, 0.25) is 0 Å². The van der Waals surface area contributed by atoms with E-state index in [0.29, 0.717) is 5.71 Å². The molecular formula is C16H23BrN2. The Balaban J connectivity index is 3.21. The number of nitrogens with zero attached hydrogens (tertiary/aromatic N) is 1. The van der Waals surface area contributed by atoms with E-state index in [-0.39, 0.29) is 0 Å². The first kappa shape index (κ1) is 16.0. The lowest BCUT2D eigenvalue weighted by Crippen LogP contribution is -2.21. The van der Waals surface area contributed by atoms with Crippen molar-refractivity contribution < 1.29 is 0 Å². The molecular weight excluding hydrogens is 300 g/mol. The van der Waals surface area contributed by atoms with E-state index in [1.807, 2.05) is 0 Å². The molecule has 1 aromatic carbocycles. The van der Waals surface area contributed by atoms with E-state index >= 15 is 0 Å². The maximum atomic E-state index is 7.71. The Morgan fingerprint density at radius 1 is 1.21 bits per heavy atom. The second-order valence-electron chi connectivity index (χ2n) is 4.74. The smallest absolute Gasteiger partial charge is 0.0427 e. The maximum absolute atomic E-state index is 7.71. The first-order valence-electron chi connectivity index (χ1n) is 6.70. The summed E-state index contributed by atoms with van der Waals surface area (Å²) in [5, 5.41) is 7.71. The molecule has 104 valence electrons. The summed E-state index contributed by atoms with van der Waals surface area (Å²) in [5.41, 5.74) is 5.40. The van der Waals surface area contributed by atoms with Crippen molar-refractivity contribution in [2.24, 2.45) is 0 Å². The normalized spacial score (nSPS) is 12.1. The van der Waals surface area contributed by atoms with Gasteiger partial charge in [0.05, 0.1) is 0 Å². The van der Waals surface area contributed by atoms with Crippen molar-refractivity contribution in [3.8, 4) is 0 Å². The Bertz CT molecular complexity index is 499. The molecule has 0 fully saturated rings. The number of allylic oxidation sites excluding steroid dienone is 2. The summed E-state index contributed by atoms with van der Waals surface area (Å²) in [6.45, 7) is 12.4. The summed E-state index contributed by atoms with van der Waals surface area (Å²) in [7, 11) is 0. The zero-order chi connectivity index (χ0) is 14.6. The summed E-state index contributed by atoms with van der Waals surface area (Å²) in [6.07, 6.45) is 0. The van der Waals surface area contributed by atoms with Gasteiger partial charge in [0.2, 0.25) is 0 Å². The van der Waals surface area contributed by atoms with Crippen LogP contribution in [-0.2, 0) is 0 Å². The van der Waals surface area contributed by atoms with Gasteiger partial charge in [-0.05, 0) is 79.4 Å². The lowest BCUT2D eigenvalue weighted by Gasteiger charge is -2.22. The van der Waals surface area contributed by atoms with Crippen LogP contribution in [0.3, 0.4) is 0 Å². The molecule has 0 unspecified atom stereocenters. The van der Waals surface area contributed by atoms with E-state index in [1.54, 1.807) is 6.92 Å². The Hall–Kier alpha value is -1.09. The highest BCUT2D eigenvalue weighted by molar-refractivity contribution is 9.12. The molecule has 0 bridgehead atoms. The second-order valence-corrected chi connectivity index (χ2v) is 5.53. The molecule has 0 aromatic heterocycles. The van der Waals surface area contributed by atoms with E-state index in [2.05, 4.69) is 66.7 Å². The minimum absolute atomic E-state index is 0.560. The van der Waals surface area contributed by atoms with E-state index in [9.17, 15) is 0 Å². The van der Waals surface area contributed by atoms with Gasteiger partial charge in [-0.2, -0.15) is 0 Å². The molecule has 1 rings (SSSR count). The van der Waals surface area contributed by atoms with Crippen LogP contribution in [0.1, 0.15) is 38.8 Å². The molecule has 0 saturated heterocycles. The van der Waals surface area contributed by atoms with Gasteiger partial charge >= 0.3 is 0 Å². The monoisotopic (exact) mass is 322 g/mol. The van der Waals surface area contributed by atoms with Crippen LogP contribution in [0, 0.1) is 12.3 Å². The highest BCUT2D eigenvalue weighted by Gasteiger charge is 2.09. The maximum Gasteiger partial charge on any atom is 0.0427 e. The largest absolute Gasteiger partial charge is 0.372 e. The molecule has 0 atom stereocenters. The minimum atomic E-state index is 0.560. The van der Waals surface area contributed by atoms with E-state index in [0.717, 1.165) is 23.1 Å². The van der Waals surface area contributed by atoms with Gasteiger partial charge in [0.1, 0.15) is 0 Å². The van der Waals surface area contributed by atoms with Gasteiger partial charge in [-0.3, -0.25) is 0 Å². The van der Waals surface area contributed by atoms with Crippen molar-refractivity contribution >= 4 is 32.9 Å². The average molecular weight is 323 g/mol. The number of rotatable bonds is 5. The fourth-order valence-corrected chi connectivity index (χ4v) is 2.47. The predicted octanol–water partition coefficient (Wildman–Crippen LogP) is 5.01. The van der Waals surface area contributed by atoms with Gasteiger partial charge in [0.15, 0.2) is 0 Å². The molecule has 0 saturated carbocycles. The van der Waals surface area contributed by atoms with Crippen molar-refractivity contribution in [2.45, 2.75) is 34.6 Å². The SMILES string of the molecule is CCN(CC)c1ccc(/C(C)=C(/Br)C(C)=N)c(C)c1. The molecule has 1 N–H and O–H groups in total. The highest BCUT2D eigenvalue weighted by atomic mass is 79.9. The van der Waals surface area contributed by atoms with Gasteiger partial charge in [0, 0.05) is 29.0 Å². The van der Waals surface area contributed by atoms with Gasteiger partial charge < -0.3 is 10.3 Å². The molecule has 19 heavy (non-hydrogen) atoms. The molecule has 0 radical (unpaired) electrons. The number of nitrogens with one attached hydrogen (secondary N) is 1. The van der Waals surface area contributed by atoms with Gasteiger partial charge in [0.25, 0.3) is 0 Å². The van der Waals surface area contributed by atoms with E-state index < -0.39 is 0 Å². The summed E-state index contributed by atoms with van der Waals surface area (Å²) in [5.74, 6) is 0. The molecule has 0 amide bonds. The zero-order valence-corrected chi connectivity index (χ0v) is 14.1. The molecule has 1 aromatic rings. The Morgan fingerprint density at radius 2 is 1.79 bits per heavy atom. The number of anilines is 1. The number of aryl methyl sites for hydroxylation is 1. The van der Waals surface area contributed by atoms with Crippen molar-refractivity contribution in [3.63, 3.8) is 0 Å². The number of hydrogen-bond donors (Lipinski definition) is 1. The molecule has 0 aliphatic carbocycles. The number of hydrogen-bond acceptors (Lipinski definition) is 2. The molecule has 0 aliphatic rings. The molecule has 0 spiro atoms. The predicted molar refractivity (Wildman–Crippen MR) is 89.7 cm³/mol. The van der Waals surface area contributed by atoms with Crippen molar-refractivity contribution in [3.05, 3.63) is 33.8 Å². The average Bonchev–Trinajstić information content (AvgIpc) is 2.38. The van der Waals surface area contributed by atoms with Crippen molar-refractivity contribution in [1.82, 2.24) is 0 Å². The summed E-state index contributed by atoms with van der Waals surface area (Å²) < 4.78 is 0.881. The summed E-state index contributed by atoms with van der Waals surface area (Å²) in [4.78, 5) is 2.34. The topological polar surface area (TPSA) is 27.1 Å². The standard InChI is InChI=1S/C16H23BrN2/c1-6-19(7-2)14-8-9-15(11(3)10-14)12(4)16(17)13(5)18/h8-10,18H,6-7H2,1-5H3/b16-12+,18-13?. The third kappa shape index (κ3) is 3.69. The van der Waals surface area contributed by atoms with Crippen LogP contribution in [0.4, 0.5) is 5.69 Å².